The van der Waals surface area contributed by atoms with Gasteiger partial charge in [0, 0.05) is 0 Å². The average Bonchev–Trinajstić information content (AvgIpc) is 1.56. The van der Waals surface area contributed by atoms with Gasteiger partial charge in [-0.15, -0.1) is 3.94 Å². The van der Waals surface area contributed by atoms with Crippen molar-refractivity contribution in [2.24, 2.45) is 0 Å². The zero-order valence-electron chi connectivity index (χ0n) is 8.08. The summed E-state index contributed by atoms with van der Waals surface area (Å²) in [5.41, 5.74) is 0. The van der Waals surface area contributed by atoms with Crippen molar-refractivity contribution in [2.75, 3.05) is 6.54 Å². The van der Waals surface area contributed by atoms with Gasteiger partial charge in [-0.3, -0.25) is 4.55 Å². The van der Waals surface area contributed by atoms with E-state index in [1.807, 2.05) is 0 Å². The van der Waals surface area contributed by atoms with Crippen LogP contribution in [0.5, 0.6) is 0 Å². The molecule has 1 N–H and O–H groups in total. The third-order valence-electron chi connectivity index (χ3n) is 1.20. The second kappa shape index (κ2) is 5.36. The zero-order chi connectivity index (χ0) is 9.28. The first-order valence-corrected chi connectivity index (χ1v) is 4.84. The molecule has 0 saturated heterocycles. The predicted molar refractivity (Wildman–Crippen MR) is 45.2 cm³/mol. The van der Waals surface area contributed by atoms with Gasteiger partial charge in [0.1, 0.15) is 4.75 Å². The minimum absolute atomic E-state index is 0. The monoisotopic (exact) mass is 245 g/mol. The molecule has 0 aromatic carbocycles. The van der Waals surface area contributed by atoms with Crippen molar-refractivity contribution in [3.63, 3.8) is 0 Å². The van der Waals surface area contributed by atoms with Crippen LogP contribution >= 0.6 is 23.6 Å². The van der Waals surface area contributed by atoms with Gasteiger partial charge >= 0.3 is 29.6 Å². The number of rotatable bonds is 3. The van der Waals surface area contributed by atoms with Crippen molar-refractivity contribution in [3.8, 4) is 0 Å². The Morgan fingerprint density at radius 2 is 1.83 bits per heavy atom. The van der Waals surface area contributed by atoms with E-state index in [-0.39, 0.29) is 37.5 Å². The number of nitrogens with zero attached hydrogens (tertiary/aromatic N) is 1. The molecule has 0 aromatic rings. The van der Waals surface area contributed by atoms with Gasteiger partial charge < -0.3 is 1.43 Å². The van der Waals surface area contributed by atoms with Crippen LogP contribution in [0, 0.1) is 0 Å². The van der Waals surface area contributed by atoms with E-state index in [1.54, 1.807) is 0 Å². The summed E-state index contributed by atoms with van der Waals surface area (Å²) in [5.74, 6) is 0. The molecule has 0 radical (unpaired) electrons. The third kappa shape index (κ3) is 5.24. The van der Waals surface area contributed by atoms with Crippen molar-refractivity contribution in [1.82, 2.24) is 3.94 Å². The fourth-order valence-corrected chi connectivity index (χ4v) is 1.40. The van der Waals surface area contributed by atoms with Crippen LogP contribution in [0.1, 0.15) is 15.3 Å². The molecule has 0 aliphatic heterocycles. The van der Waals surface area contributed by atoms with E-state index in [1.165, 1.54) is 13.8 Å². The average molecular weight is 246 g/mol. The fourth-order valence-electron chi connectivity index (χ4n) is 0.369. The first kappa shape index (κ1) is 15.9. The molecule has 4 nitrogen and oxygen atoms in total. The number of hydrogen-bond donors (Lipinski definition) is 1. The second-order valence-electron chi connectivity index (χ2n) is 2.70. The van der Waals surface area contributed by atoms with Gasteiger partial charge in [0.15, 0.2) is 0 Å². The summed E-state index contributed by atoms with van der Waals surface area (Å²) in [6, 6.07) is 0. The molecule has 0 heterocycles. The Labute approximate surface area is 106 Å². The Bertz CT molecular complexity index is 234. The molecule has 0 aromatic heterocycles. The molecule has 0 atom stereocenters. The summed E-state index contributed by atoms with van der Waals surface area (Å²) in [6.07, 6.45) is 0. The van der Waals surface area contributed by atoms with Crippen LogP contribution < -0.4 is 29.6 Å². The smallest absolute Gasteiger partial charge is 1.00 e. The quantitative estimate of drug-likeness (QED) is 0.369. The maximum atomic E-state index is 10.6. The Balaban J connectivity index is -0.000000500. The summed E-state index contributed by atoms with van der Waals surface area (Å²) < 4.78 is 29.1. The molecule has 8 heteroatoms. The maximum absolute atomic E-state index is 10.6. The largest absolute Gasteiger partial charge is 1.00 e. The Morgan fingerprint density at radius 3 is 1.92 bits per heavy atom. The van der Waals surface area contributed by atoms with E-state index >= 15 is 0 Å². The van der Waals surface area contributed by atoms with Crippen LogP contribution in [0.3, 0.4) is 0 Å². The van der Waals surface area contributed by atoms with Gasteiger partial charge in [-0.05, 0) is 37.4 Å². The summed E-state index contributed by atoms with van der Waals surface area (Å²) in [6.45, 7) is 2.48. The van der Waals surface area contributed by atoms with E-state index in [4.69, 9.17) is 28.1 Å². The number of halogens is 2. The van der Waals surface area contributed by atoms with E-state index in [9.17, 15) is 8.42 Å². The van der Waals surface area contributed by atoms with Crippen LogP contribution in [-0.4, -0.2) is 28.2 Å². The topological polar surface area (TPSA) is 57.6 Å². The van der Waals surface area contributed by atoms with E-state index in [0.29, 0.717) is 3.94 Å². The van der Waals surface area contributed by atoms with Crippen LogP contribution in [0.15, 0.2) is 0 Å². The van der Waals surface area contributed by atoms with Gasteiger partial charge in [-0.2, -0.15) is 8.42 Å². The molecule has 0 unspecified atom stereocenters. The van der Waals surface area contributed by atoms with E-state index in [2.05, 4.69) is 0 Å². The molecule has 0 spiro atoms. The minimum atomic E-state index is -4.11. The van der Waals surface area contributed by atoms with Gasteiger partial charge in [-0.25, -0.2) is 0 Å². The molecule has 0 bridgehead atoms. The van der Waals surface area contributed by atoms with Crippen molar-refractivity contribution in [1.29, 1.82) is 0 Å². The normalized spacial score (nSPS) is 12.8. The predicted octanol–water partition coefficient (Wildman–Crippen LogP) is -1.62. The molecule has 0 aliphatic rings. The molecule has 0 saturated carbocycles. The Kier molecular flexibility index (Phi) is 7.10. The summed E-state index contributed by atoms with van der Waals surface area (Å²) in [4.78, 5) is 0. The van der Waals surface area contributed by atoms with Crippen molar-refractivity contribution >= 4 is 33.7 Å². The first-order valence-electron chi connectivity index (χ1n) is 2.73. The van der Waals surface area contributed by atoms with Gasteiger partial charge in [0.25, 0.3) is 10.1 Å². The van der Waals surface area contributed by atoms with Crippen molar-refractivity contribution in [2.45, 2.75) is 18.6 Å². The first-order chi connectivity index (χ1) is 4.67. The van der Waals surface area contributed by atoms with Crippen LogP contribution in [0.2, 0.25) is 0 Å². The van der Waals surface area contributed by atoms with Crippen LogP contribution in [0.25, 0.3) is 0 Å². The zero-order valence-corrected chi connectivity index (χ0v) is 11.4. The standard InChI is InChI=1S/C4H9Cl2NO3S.Na.H/c1-4(2,3-7(5)6)11(8,9)10;;/h3H2,1-2H3,(H,8,9,10);;/q;+1;-1. The summed E-state index contributed by atoms with van der Waals surface area (Å²) in [5, 5.41) is 0. The van der Waals surface area contributed by atoms with Crippen molar-refractivity contribution < 1.29 is 44.0 Å². The molecule has 0 amide bonds. The molecule has 12 heavy (non-hydrogen) atoms. The molecular weight excluding hydrogens is 236 g/mol. The summed E-state index contributed by atoms with van der Waals surface area (Å²) >= 11 is 10.4. The minimum Gasteiger partial charge on any atom is -1.00 e. The van der Waals surface area contributed by atoms with Gasteiger partial charge in [-0.1, -0.05) is 0 Å². The van der Waals surface area contributed by atoms with E-state index in [0.717, 1.165) is 0 Å². The van der Waals surface area contributed by atoms with Crippen LogP contribution in [0.4, 0.5) is 0 Å². The number of hydrogen-bond acceptors (Lipinski definition) is 3. The van der Waals surface area contributed by atoms with Crippen LogP contribution in [-0.2, 0) is 10.1 Å². The molecule has 70 valence electrons. The Hall–Kier alpha value is 1.45. The van der Waals surface area contributed by atoms with Gasteiger partial charge in [0.2, 0.25) is 0 Å². The SMILES string of the molecule is CC(C)(CN(Cl)Cl)S(=O)(=O)O.[H-].[Na+]. The van der Waals surface area contributed by atoms with E-state index < -0.39 is 14.9 Å². The Morgan fingerprint density at radius 1 is 1.50 bits per heavy atom. The molecular formula is C4H10Cl2NNaO3S. The van der Waals surface area contributed by atoms with Crippen molar-refractivity contribution in [3.05, 3.63) is 0 Å². The van der Waals surface area contributed by atoms with Gasteiger partial charge in [0.05, 0.1) is 6.54 Å². The fraction of sp³-hybridized carbons (Fsp3) is 1.00. The maximum Gasteiger partial charge on any atom is 1.00 e. The molecule has 0 rings (SSSR count). The molecule has 0 fully saturated rings. The summed E-state index contributed by atoms with van der Waals surface area (Å²) in [7, 11) is -4.11. The third-order valence-corrected chi connectivity index (χ3v) is 2.96. The molecule has 0 aliphatic carbocycles. The second-order valence-corrected chi connectivity index (χ2v) is 5.74.